The predicted molar refractivity (Wildman–Crippen MR) is 76.0 cm³/mol. The maximum absolute atomic E-state index is 5.73. The van der Waals surface area contributed by atoms with Gasteiger partial charge in [-0.25, -0.2) is 0 Å². The molecule has 1 atom stereocenters. The Bertz CT molecular complexity index is 181. The highest BCUT2D eigenvalue weighted by Crippen LogP contribution is 2.14. The first kappa shape index (κ1) is 15.9. The molecule has 1 aliphatic rings. The zero-order valence-electron chi connectivity index (χ0n) is 12.2. The molecule has 1 aliphatic heterocycles. The van der Waals surface area contributed by atoms with Crippen LogP contribution in [0.2, 0.25) is 0 Å². The van der Waals surface area contributed by atoms with E-state index in [1.54, 1.807) is 0 Å². The van der Waals surface area contributed by atoms with Crippen LogP contribution in [0.25, 0.3) is 0 Å². The number of nitrogens with one attached hydrogen (secondary N) is 1. The second-order valence-corrected chi connectivity index (χ2v) is 5.48. The highest BCUT2D eigenvalue weighted by Gasteiger charge is 2.13. The Morgan fingerprint density at radius 1 is 1.28 bits per heavy atom. The van der Waals surface area contributed by atoms with Crippen molar-refractivity contribution in [3.63, 3.8) is 0 Å². The van der Waals surface area contributed by atoms with Crippen LogP contribution >= 0.6 is 0 Å². The first-order chi connectivity index (χ1) is 8.83. The minimum absolute atomic E-state index is 0.628. The fourth-order valence-corrected chi connectivity index (χ4v) is 2.34. The van der Waals surface area contributed by atoms with Crippen LogP contribution in [0.1, 0.15) is 52.4 Å². The summed E-state index contributed by atoms with van der Waals surface area (Å²) in [5, 5.41) is 3.53. The van der Waals surface area contributed by atoms with Crippen molar-refractivity contribution in [3.8, 4) is 0 Å². The van der Waals surface area contributed by atoms with E-state index in [1.807, 2.05) is 0 Å². The summed E-state index contributed by atoms with van der Waals surface area (Å²) < 4.78 is 11.1. The van der Waals surface area contributed by atoms with Crippen molar-refractivity contribution in [3.05, 3.63) is 0 Å². The van der Waals surface area contributed by atoms with Gasteiger partial charge >= 0.3 is 0 Å². The van der Waals surface area contributed by atoms with E-state index >= 15 is 0 Å². The maximum atomic E-state index is 5.73. The molecule has 0 aliphatic carbocycles. The second kappa shape index (κ2) is 10.8. The third kappa shape index (κ3) is 8.06. The summed E-state index contributed by atoms with van der Waals surface area (Å²) in [5.74, 6) is 0.723. The molecule has 3 heteroatoms. The zero-order chi connectivity index (χ0) is 13.1. The summed E-state index contributed by atoms with van der Waals surface area (Å²) in [6.07, 6.45) is 7.62. The Hall–Kier alpha value is -0.120. The Balaban J connectivity index is 1.85. The molecule has 3 nitrogen and oxygen atoms in total. The average molecular weight is 257 g/mol. The van der Waals surface area contributed by atoms with Crippen molar-refractivity contribution >= 4 is 0 Å². The number of rotatable bonds is 10. The molecule has 0 amide bonds. The number of ether oxygens (including phenoxy) is 2. The minimum Gasteiger partial charge on any atom is -0.381 e. The van der Waals surface area contributed by atoms with Gasteiger partial charge in [0, 0.05) is 32.4 Å². The summed E-state index contributed by atoms with van der Waals surface area (Å²) in [6, 6.07) is 0.628. The fraction of sp³-hybridized carbons (Fsp3) is 1.00. The lowest BCUT2D eigenvalue weighted by atomic mass is 10.0. The van der Waals surface area contributed by atoms with E-state index in [0.717, 1.165) is 38.9 Å². The summed E-state index contributed by atoms with van der Waals surface area (Å²) in [7, 11) is 0. The lowest BCUT2D eigenvalue weighted by molar-refractivity contribution is 0.0211. The van der Waals surface area contributed by atoms with Crippen LogP contribution in [0.15, 0.2) is 0 Å². The molecule has 0 aromatic carbocycles. The summed E-state index contributed by atoms with van der Waals surface area (Å²) in [6.45, 7) is 9.10. The van der Waals surface area contributed by atoms with Crippen molar-refractivity contribution in [2.75, 3.05) is 33.0 Å². The van der Waals surface area contributed by atoms with E-state index in [4.69, 9.17) is 9.47 Å². The molecule has 18 heavy (non-hydrogen) atoms. The van der Waals surface area contributed by atoms with E-state index in [9.17, 15) is 0 Å². The van der Waals surface area contributed by atoms with Crippen LogP contribution in [0.3, 0.4) is 0 Å². The number of unbranched alkanes of at least 4 members (excludes halogenated alkanes) is 2. The van der Waals surface area contributed by atoms with E-state index < -0.39 is 0 Å². The molecule has 0 bridgehead atoms. The Labute approximate surface area is 113 Å². The Morgan fingerprint density at radius 2 is 2.06 bits per heavy atom. The standard InChI is InChI=1S/C15H31NO2/c1-3-4-5-6-14(2)16-9-12-18-13-15-7-10-17-11-8-15/h14-16H,3-13H2,1-2H3. The molecule has 0 saturated carbocycles. The molecule has 0 radical (unpaired) electrons. The molecule has 1 unspecified atom stereocenters. The lowest BCUT2D eigenvalue weighted by Gasteiger charge is -2.22. The van der Waals surface area contributed by atoms with Gasteiger partial charge in [0.1, 0.15) is 0 Å². The molecule has 1 fully saturated rings. The van der Waals surface area contributed by atoms with Gasteiger partial charge in [-0.1, -0.05) is 26.2 Å². The van der Waals surface area contributed by atoms with Crippen molar-refractivity contribution < 1.29 is 9.47 Å². The Morgan fingerprint density at radius 3 is 2.78 bits per heavy atom. The molecule has 0 spiro atoms. The number of hydrogen-bond acceptors (Lipinski definition) is 3. The fourth-order valence-electron chi connectivity index (χ4n) is 2.34. The normalized spacial score (nSPS) is 19.0. The van der Waals surface area contributed by atoms with E-state index in [0.29, 0.717) is 6.04 Å². The third-order valence-corrected chi connectivity index (χ3v) is 3.67. The van der Waals surface area contributed by atoms with Gasteiger partial charge in [0.2, 0.25) is 0 Å². The van der Waals surface area contributed by atoms with Gasteiger partial charge in [-0.05, 0) is 32.1 Å². The van der Waals surface area contributed by atoms with Crippen LogP contribution in [0.5, 0.6) is 0 Å². The first-order valence-corrected chi connectivity index (χ1v) is 7.71. The minimum atomic E-state index is 0.628. The molecule has 0 aromatic heterocycles. The molecule has 1 saturated heterocycles. The molecule has 0 aromatic rings. The van der Waals surface area contributed by atoms with Crippen molar-refractivity contribution in [1.82, 2.24) is 5.32 Å². The van der Waals surface area contributed by atoms with Crippen LogP contribution in [-0.4, -0.2) is 39.0 Å². The van der Waals surface area contributed by atoms with E-state index in [-0.39, 0.29) is 0 Å². The molecular formula is C15H31NO2. The SMILES string of the molecule is CCCCCC(C)NCCOCC1CCOCC1. The van der Waals surface area contributed by atoms with Gasteiger partial charge in [-0.15, -0.1) is 0 Å². The largest absolute Gasteiger partial charge is 0.381 e. The monoisotopic (exact) mass is 257 g/mol. The van der Waals surface area contributed by atoms with Crippen molar-refractivity contribution in [2.24, 2.45) is 5.92 Å². The molecule has 1 heterocycles. The van der Waals surface area contributed by atoms with Gasteiger partial charge in [-0.3, -0.25) is 0 Å². The molecule has 108 valence electrons. The topological polar surface area (TPSA) is 30.5 Å². The molecular weight excluding hydrogens is 226 g/mol. The molecule has 1 rings (SSSR count). The summed E-state index contributed by atoms with van der Waals surface area (Å²) in [5.41, 5.74) is 0. The first-order valence-electron chi connectivity index (χ1n) is 7.71. The maximum Gasteiger partial charge on any atom is 0.0591 e. The smallest absolute Gasteiger partial charge is 0.0591 e. The highest BCUT2D eigenvalue weighted by atomic mass is 16.5. The van der Waals surface area contributed by atoms with Gasteiger partial charge in [0.05, 0.1) is 6.61 Å². The highest BCUT2D eigenvalue weighted by molar-refractivity contribution is 4.63. The zero-order valence-corrected chi connectivity index (χ0v) is 12.2. The molecule has 1 N–H and O–H groups in total. The van der Waals surface area contributed by atoms with Crippen LogP contribution < -0.4 is 5.32 Å². The van der Waals surface area contributed by atoms with Gasteiger partial charge in [0.25, 0.3) is 0 Å². The van der Waals surface area contributed by atoms with Gasteiger partial charge in [-0.2, -0.15) is 0 Å². The Kier molecular flexibility index (Phi) is 9.54. The van der Waals surface area contributed by atoms with Gasteiger partial charge < -0.3 is 14.8 Å². The van der Waals surface area contributed by atoms with Crippen molar-refractivity contribution in [1.29, 1.82) is 0 Å². The predicted octanol–water partition coefficient (Wildman–Crippen LogP) is 2.99. The van der Waals surface area contributed by atoms with Crippen molar-refractivity contribution in [2.45, 2.75) is 58.4 Å². The average Bonchev–Trinajstić information content (AvgIpc) is 2.40. The van der Waals surface area contributed by atoms with Crippen LogP contribution in [0.4, 0.5) is 0 Å². The second-order valence-electron chi connectivity index (χ2n) is 5.48. The quantitative estimate of drug-likeness (QED) is 0.610. The number of hydrogen-bond donors (Lipinski definition) is 1. The summed E-state index contributed by atoms with van der Waals surface area (Å²) >= 11 is 0. The third-order valence-electron chi connectivity index (χ3n) is 3.67. The van der Waals surface area contributed by atoms with E-state index in [2.05, 4.69) is 19.2 Å². The van der Waals surface area contributed by atoms with Gasteiger partial charge in [0.15, 0.2) is 0 Å². The van der Waals surface area contributed by atoms with E-state index in [1.165, 1.54) is 38.5 Å². The van der Waals surface area contributed by atoms with Crippen LogP contribution in [0, 0.1) is 5.92 Å². The van der Waals surface area contributed by atoms with Crippen LogP contribution in [-0.2, 0) is 9.47 Å². The lowest BCUT2D eigenvalue weighted by Crippen LogP contribution is -2.30. The summed E-state index contributed by atoms with van der Waals surface area (Å²) in [4.78, 5) is 0.